The number of rotatable bonds is 9. The zero-order valence-corrected chi connectivity index (χ0v) is 15.3. The molecular formula is C19H23ClN2O4. The third kappa shape index (κ3) is 7.13. The molecule has 7 heteroatoms. The molecule has 2 rings (SSSR count). The van der Waals surface area contributed by atoms with Crippen LogP contribution >= 0.6 is 12.4 Å². The molecule has 140 valence electrons. The van der Waals surface area contributed by atoms with E-state index in [0.29, 0.717) is 23.6 Å². The first kappa shape index (κ1) is 21.5. The zero-order chi connectivity index (χ0) is 18.1. The fourth-order valence-corrected chi connectivity index (χ4v) is 2.28. The SMILES string of the molecule is CCCC(NCC(=O)Nc1cccc(Oc2ccccc2)c1)C(=O)O.Cl. The van der Waals surface area contributed by atoms with Crippen molar-refractivity contribution in [2.75, 3.05) is 11.9 Å². The van der Waals surface area contributed by atoms with Crippen LogP contribution in [-0.4, -0.2) is 29.6 Å². The monoisotopic (exact) mass is 378 g/mol. The van der Waals surface area contributed by atoms with Crippen molar-refractivity contribution in [1.29, 1.82) is 0 Å². The van der Waals surface area contributed by atoms with Crippen molar-refractivity contribution >= 4 is 30.0 Å². The van der Waals surface area contributed by atoms with Gasteiger partial charge in [0.15, 0.2) is 0 Å². The fourth-order valence-electron chi connectivity index (χ4n) is 2.28. The Morgan fingerprint density at radius 1 is 1.08 bits per heavy atom. The molecule has 26 heavy (non-hydrogen) atoms. The van der Waals surface area contributed by atoms with E-state index in [0.717, 1.165) is 6.42 Å². The second-order valence-corrected chi connectivity index (χ2v) is 5.55. The molecule has 6 nitrogen and oxygen atoms in total. The average Bonchev–Trinajstić information content (AvgIpc) is 2.59. The van der Waals surface area contributed by atoms with E-state index in [4.69, 9.17) is 9.84 Å². The first-order chi connectivity index (χ1) is 12.1. The summed E-state index contributed by atoms with van der Waals surface area (Å²) in [6.07, 6.45) is 1.20. The van der Waals surface area contributed by atoms with Gasteiger partial charge in [0.25, 0.3) is 0 Å². The zero-order valence-electron chi connectivity index (χ0n) is 14.5. The number of anilines is 1. The van der Waals surface area contributed by atoms with E-state index in [9.17, 15) is 9.59 Å². The maximum absolute atomic E-state index is 12.0. The predicted molar refractivity (Wildman–Crippen MR) is 103 cm³/mol. The summed E-state index contributed by atoms with van der Waals surface area (Å²) in [5.41, 5.74) is 0.586. The molecule has 0 aliphatic heterocycles. The van der Waals surface area contributed by atoms with Gasteiger partial charge in [-0.3, -0.25) is 14.9 Å². The van der Waals surface area contributed by atoms with Gasteiger partial charge in [-0.2, -0.15) is 0 Å². The lowest BCUT2D eigenvalue weighted by Crippen LogP contribution is -2.41. The van der Waals surface area contributed by atoms with Crippen molar-refractivity contribution in [2.24, 2.45) is 0 Å². The molecule has 1 atom stereocenters. The maximum Gasteiger partial charge on any atom is 0.320 e. The molecule has 2 aromatic rings. The standard InChI is InChI=1S/C19H22N2O4.ClH/c1-2-7-17(19(23)24)20-13-18(22)21-14-8-6-11-16(12-14)25-15-9-4-3-5-10-15;/h3-6,8-12,17,20H,2,7,13H2,1H3,(H,21,22)(H,23,24);1H. The number of para-hydroxylation sites is 1. The minimum absolute atomic E-state index is 0. The largest absolute Gasteiger partial charge is 0.480 e. The van der Waals surface area contributed by atoms with Crippen LogP contribution in [-0.2, 0) is 9.59 Å². The number of nitrogens with one attached hydrogen (secondary N) is 2. The number of carbonyl (C=O) groups is 2. The van der Waals surface area contributed by atoms with Crippen LogP contribution in [0.15, 0.2) is 54.6 Å². The number of aliphatic carboxylic acids is 1. The lowest BCUT2D eigenvalue weighted by Gasteiger charge is -2.13. The number of carboxylic acids is 1. The highest BCUT2D eigenvalue weighted by atomic mass is 35.5. The van der Waals surface area contributed by atoms with Gasteiger partial charge in [0.05, 0.1) is 6.54 Å². The molecule has 0 spiro atoms. The van der Waals surface area contributed by atoms with E-state index in [1.54, 1.807) is 24.3 Å². The van der Waals surface area contributed by atoms with Crippen LogP contribution in [0.3, 0.4) is 0 Å². The molecule has 0 saturated carbocycles. The topological polar surface area (TPSA) is 87.7 Å². The van der Waals surface area contributed by atoms with Gasteiger partial charge in [0.2, 0.25) is 5.91 Å². The second kappa shape index (κ2) is 11.1. The van der Waals surface area contributed by atoms with E-state index in [-0.39, 0.29) is 24.9 Å². The Bertz CT molecular complexity index is 710. The molecule has 0 radical (unpaired) electrons. The van der Waals surface area contributed by atoms with Crippen molar-refractivity contribution in [1.82, 2.24) is 5.32 Å². The lowest BCUT2D eigenvalue weighted by molar-refractivity contribution is -0.139. The third-order valence-corrected chi connectivity index (χ3v) is 3.48. The molecule has 0 heterocycles. The summed E-state index contributed by atoms with van der Waals surface area (Å²) in [5.74, 6) is 0.0509. The minimum Gasteiger partial charge on any atom is -0.480 e. The fraction of sp³-hybridized carbons (Fsp3) is 0.263. The van der Waals surface area contributed by atoms with Crippen LogP contribution in [0.2, 0.25) is 0 Å². The van der Waals surface area contributed by atoms with Crippen LogP contribution in [0.5, 0.6) is 11.5 Å². The van der Waals surface area contributed by atoms with E-state index in [2.05, 4.69) is 10.6 Å². The average molecular weight is 379 g/mol. The Hall–Kier alpha value is -2.57. The van der Waals surface area contributed by atoms with Crippen LogP contribution in [0.4, 0.5) is 5.69 Å². The summed E-state index contributed by atoms with van der Waals surface area (Å²) in [4.78, 5) is 23.1. The molecule has 1 unspecified atom stereocenters. The molecule has 0 bridgehead atoms. The van der Waals surface area contributed by atoms with Gasteiger partial charge in [-0.25, -0.2) is 0 Å². The lowest BCUT2D eigenvalue weighted by atomic mass is 10.2. The normalized spacial score (nSPS) is 11.1. The number of carbonyl (C=O) groups excluding carboxylic acids is 1. The highest BCUT2D eigenvalue weighted by Crippen LogP contribution is 2.23. The van der Waals surface area contributed by atoms with E-state index in [1.165, 1.54) is 0 Å². The molecule has 0 aliphatic carbocycles. The van der Waals surface area contributed by atoms with E-state index in [1.807, 2.05) is 37.3 Å². The Balaban J connectivity index is 0.00000338. The number of halogens is 1. The molecule has 0 aromatic heterocycles. The van der Waals surface area contributed by atoms with Crippen molar-refractivity contribution in [3.8, 4) is 11.5 Å². The van der Waals surface area contributed by atoms with Gasteiger partial charge >= 0.3 is 5.97 Å². The number of benzene rings is 2. The number of amides is 1. The van der Waals surface area contributed by atoms with Crippen molar-refractivity contribution in [3.05, 3.63) is 54.6 Å². The Morgan fingerprint density at radius 3 is 2.42 bits per heavy atom. The first-order valence-electron chi connectivity index (χ1n) is 8.17. The molecule has 3 N–H and O–H groups in total. The highest BCUT2D eigenvalue weighted by Gasteiger charge is 2.16. The molecule has 0 fully saturated rings. The van der Waals surface area contributed by atoms with Crippen LogP contribution in [0, 0.1) is 0 Å². The van der Waals surface area contributed by atoms with Gasteiger partial charge in [-0.05, 0) is 30.7 Å². The molecule has 1 amide bonds. The van der Waals surface area contributed by atoms with Gasteiger partial charge in [-0.1, -0.05) is 37.6 Å². The van der Waals surface area contributed by atoms with E-state index >= 15 is 0 Å². The Kier molecular flexibility index (Phi) is 9.19. The summed E-state index contributed by atoms with van der Waals surface area (Å²) < 4.78 is 5.72. The number of carboxylic acid groups (broad SMARTS) is 1. The Morgan fingerprint density at radius 2 is 1.77 bits per heavy atom. The summed E-state index contributed by atoms with van der Waals surface area (Å²) in [6.45, 7) is 1.83. The van der Waals surface area contributed by atoms with Crippen LogP contribution in [0.25, 0.3) is 0 Å². The number of hydrogen-bond donors (Lipinski definition) is 3. The smallest absolute Gasteiger partial charge is 0.320 e. The van der Waals surface area contributed by atoms with Gasteiger partial charge in [0.1, 0.15) is 17.5 Å². The number of hydrogen-bond acceptors (Lipinski definition) is 4. The third-order valence-electron chi connectivity index (χ3n) is 3.48. The highest BCUT2D eigenvalue weighted by molar-refractivity contribution is 5.92. The van der Waals surface area contributed by atoms with E-state index < -0.39 is 12.0 Å². The predicted octanol–water partition coefficient (Wildman–Crippen LogP) is 3.68. The van der Waals surface area contributed by atoms with Gasteiger partial charge in [-0.15, -0.1) is 12.4 Å². The van der Waals surface area contributed by atoms with Gasteiger partial charge in [0, 0.05) is 11.8 Å². The van der Waals surface area contributed by atoms with Gasteiger partial charge < -0.3 is 15.2 Å². The molecular weight excluding hydrogens is 356 g/mol. The second-order valence-electron chi connectivity index (χ2n) is 5.55. The first-order valence-corrected chi connectivity index (χ1v) is 8.17. The molecule has 0 aliphatic rings. The Labute approximate surface area is 159 Å². The summed E-state index contributed by atoms with van der Waals surface area (Å²) in [5, 5.41) is 14.6. The van der Waals surface area contributed by atoms with Crippen molar-refractivity contribution in [3.63, 3.8) is 0 Å². The summed E-state index contributed by atoms with van der Waals surface area (Å²) in [7, 11) is 0. The quantitative estimate of drug-likeness (QED) is 0.619. The number of ether oxygens (including phenoxy) is 1. The summed E-state index contributed by atoms with van der Waals surface area (Å²) in [6, 6.07) is 15.7. The van der Waals surface area contributed by atoms with Crippen molar-refractivity contribution in [2.45, 2.75) is 25.8 Å². The van der Waals surface area contributed by atoms with Crippen molar-refractivity contribution < 1.29 is 19.4 Å². The summed E-state index contributed by atoms with van der Waals surface area (Å²) >= 11 is 0. The maximum atomic E-state index is 12.0. The molecule has 2 aromatic carbocycles. The molecule has 0 saturated heterocycles. The van der Waals surface area contributed by atoms with Crippen LogP contribution in [0.1, 0.15) is 19.8 Å². The minimum atomic E-state index is -0.951. The van der Waals surface area contributed by atoms with Crippen LogP contribution < -0.4 is 15.4 Å².